The Balaban J connectivity index is 1.29. The first-order valence-corrected chi connectivity index (χ1v) is 16.7. The summed E-state index contributed by atoms with van der Waals surface area (Å²) in [7, 11) is 0. The van der Waals surface area contributed by atoms with Crippen molar-refractivity contribution in [3.8, 4) is 22.3 Å². The molecule has 0 atom stereocenters. The normalized spacial score (nSPS) is 12.1. The third kappa shape index (κ3) is 3.38. The molecule has 0 saturated heterocycles. The molecule has 204 valence electrons. The van der Waals surface area contributed by atoms with E-state index in [1.165, 1.54) is 94.9 Å². The maximum Gasteiger partial charge on any atom is 0.0448 e. The first-order chi connectivity index (χ1) is 21.8. The Hall–Kier alpha value is -5.02. The lowest BCUT2D eigenvalue weighted by Gasteiger charge is -2.18. The van der Waals surface area contributed by atoms with Crippen LogP contribution in [-0.4, -0.2) is 0 Å². The summed E-state index contributed by atoms with van der Waals surface area (Å²) in [5.41, 5.74) is 5.18. The molecule has 0 amide bonds. The number of rotatable bonds is 2. The van der Waals surface area contributed by atoms with E-state index in [0.29, 0.717) is 0 Å². The van der Waals surface area contributed by atoms with Gasteiger partial charge in [0.2, 0.25) is 0 Å². The first-order valence-electron chi connectivity index (χ1n) is 15.0. The fraction of sp³-hybridized carbons (Fsp3) is 0. The molecule has 0 aliphatic rings. The van der Waals surface area contributed by atoms with Crippen molar-refractivity contribution in [3.05, 3.63) is 146 Å². The summed E-state index contributed by atoms with van der Waals surface area (Å²) < 4.78 is 5.46. The van der Waals surface area contributed by atoms with Crippen LogP contribution in [0.3, 0.4) is 0 Å². The lowest BCUT2D eigenvalue weighted by atomic mass is 9.84. The summed E-state index contributed by atoms with van der Waals surface area (Å²) in [6.45, 7) is 0. The summed E-state index contributed by atoms with van der Waals surface area (Å²) in [6, 6.07) is 54.0. The molecule has 0 unspecified atom stereocenters. The summed E-state index contributed by atoms with van der Waals surface area (Å²) in [4.78, 5) is 0. The maximum absolute atomic E-state index is 2.44. The molecule has 2 heteroatoms. The van der Waals surface area contributed by atoms with Crippen molar-refractivity contribution in [2.75, 3.05) is 0 Å². The smallest absolute Gasteiger partial charge is 0.0448 e. The third-order valence-electron chi connectivity index (χ3n) is 9.26. The standard InChI is InChI=1S/C42H24S2/c1-2-12-27-25(10-1)11-9-18-29(27)40-32-15-5-3-13-30(32)39(31-14-4-6-16-33(31)40)26-20-21-28-34-22-23-37-41(42(34)44-38(28)24-26)35-17-7-8-19-36(35)43-37/h1-24H. The molecule has 0 saturated carbocycles. The van der Waals surface area contributed by atoms with Crippen LogP contribution in [0.5, 0.6) is 0 Å². The van der Waals surface area contributed by atoms with Gasteiger partial charge in [0.05, 0.1) is 0 Å². The van der Waals surface area contributed by atoms with Crippen molar-refractivity contribution in [2.45, 2.75) is 0 Å². The molecule has 44 heavy (non-hydrogen) atoms. The number of fused-ring (bicyclic) bond motifs is 10. The summed E-state index contributed by atoms with van der Waals surface area (Å²) in [5.74, 6) is 0. The van der Waals surface area contributed by atoms with E-state index in [1.807, 2.05) is 22.7 Å². The predicted octanol–water partition coefficient (Wildman–Crippen LogP) is 13.2. The lowest BCUT2D eigenvalue weighted by Crippen LogP contribution is -1.91. The third-order valence-corrected chi connectivity index (χ3v) is 11.6. The van der Waals surface area contributed by atoms with Crippen molar-refractivity contribution < 1.29 is 0 Å². The van der Waals surface area contributed by atoms with Crippen LogP contribution in [0.15, 0.2) is 146 Å². The molecule has 0 N–H and O–H groups in total. The van der Waals surface area contributed by atoms with E-state index in [0.717, 1.165) is 0 Å². The Labute approximate surface area is 262 Å². The molecular formula is C42H24S2. The molecule has 0 nitrogen and oxygen atoms in total. The van der Waals surface area contributed by atoms with Gasteiger partial charge in [-0.05, 0) is 72.8 Å². The number of hydrogen-bond donors (Lipinski definition) is 0. The largest absolute Gasteiger partial charge is 0.135 e. The van der Waals surface area contributed by atoms with Gasteiger partial charge in [-0.15, -0.1) is 22.7 Å². The Kier molecular flexibility index (Phi) is 5.13. The highest BCUT2D eigenvalue weighted by atomic mass is 32.1. The maximum atomic E-state index is 2.44. The van der Waals surface area contributed by atoms with Gasteiger partial charge >= 0.3 is 0 Å². The molecule has 2 aromatic heterocycles. The summed E-state index contributed by atoms with van der Waals surface area (Å²) in [5, 5.41) is 13.2. The van der Waals surface area contributed by atoms with Gasteiger partial charge in [-0.1, -0.05) is 127 Å². The van der Waals surface area contributed by atoms with Crippen molar-refractivity contribution in [1.29, 1.82) is 0 Å². The molecule has 10 rings (SSSR count). The van der Waals surface area contributed by atoms with E-state index >= 15 is 0 Å². The Morgan fingerprint density at radius 2 is 0.955 bits per heavy atom. The van der Waals surface area contributed by atoms with Gasteiger partial charge < -0.3 is 0 Å². The van der Waals surface area contributed by atoms with E-state index in [2.05, 4.69) is 146 Å². The highest BCUT2D eigenvalue weighted by molar-refractivity contribution is 7.29. The zero-order valence-electron chi connectivity index (χ0n) is 23.7. The summed E-state index contributed by atoms with van der Waals surface area (Å²) in [6.07, 6.45) is 0. The highest BCUT2D eigenvalue weighted by Gasteiger charge is 2.19. The number of thiophene rings is 2. The molecule has 0 aliphatic carbocycles. The molecule has 0 aliphatic heterocycles. The zero-order valence-corrected chi connectivity index (χ0v) is 25.3. The van der Waals surface area contributed by atoms with Crippen LogP contribution in [0.4, 0.5) is 0 Å². The second kappa shape index (κ2) is 9.24. The average molecular weight is 593 g/mol. The molecule has 0 fully saturated rings. The van der Waals surface area contributed by atoms with Gasteiger partial charge in [-0.3, -0.25) is 0 Å². The van der Waals surface area contributed by atoms with Gasteiger partial charge in [0, 0.05) is 40.3 Å². The van der Waals surface area contributed by atoms with Crippen LogP contribution in [0.25, 0.3) is 94.9 Å². The van der Waals surface area contributed by atoms with Crippen LogP contribution in [0.2, 0.25) is 0 Å². The van der Waals surface area contributed by atoms with Gasteiger partial charge in [-0.25, -0.2) is 0 Å². The van der Waals surface area contributed by atoms with E-state index < -0.39 is 0 Å². The molecule has 0 bridgehead atoms. The van der Waals surface area contributed by atoms with Gasteiger partial charge in [0.15, 0.2) is 0 Å². The fourth-order valence-corrected chi connectivity index (χ4v) is 9.85. The SMILES string of the molecule is c1ccc2c(-c3c4ccccc4c(-c4ccc5c(c4)sc4c5ccc5sc6ccccc6c54)c4ccccc34)cccc2c1. The summed E-state index contributed by atoms with van der Waals surface area (Å²) >= 11 is 3.83. The second-order valence-electron chi connectivity index (χ2n) is 11.6. The molecule has 10 aromatic rings. The van der Waals surface area contributed by atoms with Crippen LogP contribution in [0, 0.1) is 0 Å². The van der Waals surface area contributed by atoms with Crippen LogP contribution >= 0.6 is 22.7 Å². The first kappa shape index (κ1) is 24.4. The van der Waals surface area contributed by atoms with Crippen molar-refractivity contribution in [2.24, 2.45) is 0 Å². The minimum absolute atomic E-state index is 1.27. The van der Waals surface area contributed by atoms with E-state index in [1.54, 1.807) is 0 Å². The van der Waals surface area contributed by atoms with Crippen molar-refractivity contribution in [1.82, 2.24) is 0 Å². The molecule has 0 radical (unpaired) electrons. The minimum atomic E-state index is 1.27. The lowest BCUT2D eigenvalue weighted by molar-refractivity contribution is 1.69. The zero-order chi connectivity index (χ0) is 28.8. The van der Waals surface area contributed by atoms with E-state index in [-0.39, 0.29) is 0 Å². The fourth-order valence-electron chi connectivity index (χ4n) is 7.37. The van der Waals surface area contributed by atoms with Crippen LogP contribution in [-0.2, 0) is 0 Å². The van der Waals surface area contributed by atoms with Gasteiger partial charge in [0.25, 0.3) is 0 Å². The quantitative estimate of drug-likeness (QED) is 0.175. The van der Waals surface area contributed by atoms with Crippen LogP contribution in [0.1, 0.15) is 0 Å². The highest BCUT2D eigenvalue weighted by Crippen LogP contribution is 2.48. The molecule has 8 aromatic carbocycles. The topological polar surface area (TPSA) is 0 Å². The number of hydrogen-bond acceptors (Lipinski definition) is 2. The van der Waals surface area contributed by atoms with Gasteiger partial charge in [-0.2, -0.15) is 0 Å². The van der Waals surface area contributed by atoms with E-state index in [4.69, 9.17) is 0 Å². The van der Waals surface area contributed by atoms with Crippen molar-refractivity contribution >= 4 is 95.3 Å². The number of benzene rings is 8. The predicted molar refractivity (Wildman–Crippen MR) is 196 cm³/mol. The Bertz CT molecular complexity index is 2710. The Morgan fingerprint density at radius 3 is 1.73 bits per heavy atom. The molecule has 0 spiro atoms. The molecule has 2 heterocycles. The van der Waals surface area contributed by atoms with E-state index in [9.17, 15) is 0 Å². The van der Waals surface area contributed by atoms with Crippen LogP contribution < -0.4 is 0 Å². The second-order valence-corrected chi connectivity index (χ2v) is 13.7. The van der Waals surface area contributed by atoms with Crippen molar-refractivity contribution in [3.63, 3.8) is 0 Å². The minimum Gasteiger partial charge on any atom is -0.135 e. The molecular weight excluding hydrogens is 569 g/mol. The average Bonchev–Trinajstić information content (AvgIpc) is 3.65. The monoisotopic (exact) mass is 592 g/mol. The Morgan fingerprint density at radius 1 is 0.341 bits per heavy atom. The van der Waals surface area contributed by atoms with Gasteiger partial charge in [0.1, 0.15) is 0 Å².